The van der Waals surface area contributed by atoms with Crippen LogP contribution in [0.15, 0.2) is 24.3 Å². The zero-order valence-corrected chi connectivity index (χ0v) is 12.4. The summed E-state index contributed by atoms with van der Waals surface area (Å²) < 4.78 is 20.1. The summed E-state index contributed by atoms with van der Waals surface area (Å²) in [5, 5.41) is 0. The van der Waals surface area contributed by atoms with E-state index in [2.05, 4.69) is 5.92 Å². The molecule has 7 heteroatoms. The molecule has 0 radical (unpaired) electrons. The quantitative estimate of drug-likeness (QED) is 0.604. The molecule has 24 heavy (non-hydrogen) atoms. The molecule has 1 fully saturated rings. The van der Waals surface area contributed by atoms with Gasteiger partial charge in [0.05, 0.1) is 17.9 Å². The number of terminal acetylenes is 1. The third-order valence-electron chi connectivity index (χ3n) is 4.26. The fraction of sp³-hybridized carbons (Fsp3) is 0.235. The Morgan fingerprint density at radius 2 is 1.83 bits per heavy atom. The number of amides is 3. The summed E-state index contributed by atoms with van der Waals surface area (Å²) in [5.41, 5.74) is -0.947. The van der Waals surface area contributed by atoms with Gasteiger partial charge in [0.15, 0.2) is 11.4 Å². The highest BCUT2D eigenvalue weighted by Crippen LogP contribution is 2.50. The van der Waals surface area contributed by atoms with E-state index in [-0.39, 0.29) is 29.6 Å². The van der Waals surface area contributed by atoms with E-state index in [4.69, 9.17) is 11.2 Å². The second kappa shape index (κ2) is 4.68. The Morgan fingerprint density at radius 3 is 2.42 bits per heavy atom. The summed E-state index contributed by atoms with van der Waals surface area (Å²) in [6, 6.07) is 2.33. The first kappa shape index (κ1) is 14.5. The van der Waals surface area contributed by atoms with Crippen LogP contribution < -0.4 is 14.5 Å². The fourth-order valence-electron chi connectivity index (χ4n) is 2.92. The Labute approximate surface area is 136 Å². The molecule has 0 bridgehead atoms. The number of nitrogens with zero attached hydrogens (tertiary/aromatic N) is 2. The van der Waals surface area contributed by atoms with Crippen LogP contribution in [0, 0.1) is 18.2 Å². The van der Waals surface area contributed by atoms with Crippen molar-refractivity contribution in [1.29, 1.82) is 0 Å². The molecule has 6 nitrogen and oxygen atoms in total. The summed E-state index contributed by atoms with van der Waals surface area (Å²) in [7, 11) is 0. The van der Waals surface area contributed by atoms with E-state index in [9.17, 15) is 18.8 Å². The van der Waals surface area contributed by atoms with Crippen molar-refractivity contribution >= 4 is 29.1 Å². The van der Waals surface area contributed by atoms with Crippen LogP contribution >= 0.6 is 0 Å². The van der Waals surface area contributed by atoms with Gasteiger partial charge in [0.2, 0.25) is 0 Å². The largest absolute Gasteiger partial charge is 0.475 e. The highest BCUT2D eigenvalue weighted by atomic mass is 19.1. The van der Waals surface area contributed by atoms with Gasteiger partial charge in [-0.05, 0) is 6.07 Å². The van der Waals surface area contributed by atoms with Crippen molar-refractivity contribution in [2.75, 3.05) is 16.3 Å². The normalized spacial score (nSPS) is 20.2. The monoisotopic (exact) mass is 326 g/mol. The van der Waals surface area contributed by atoms with E-state index in [1.165, 1.54) is 11.0 Å². The zero-order chi connectivity index (χ0) is 17.1. The molecule has 0 saturated heterocycles. The maximum Gasteiger partial charge on any atom is 0.272 e. The number of hydrogen-bond donors (Lipinski definition) is 0. The number of anilines is 2. The molecule has 1 aliphatic carbocycles. The summed E-state index contributed by atoms with van der Waals surface area (Å²) in [5.74, 6) is 0.194. The summed E-state index contributed by atoms with van der Waals surface area (Å²) in [6.07, 6.45) is 8.54. The van der Waals surface area contributed by atoms with E-state index < -0.39 is 23.2 Å². The highest BCUT2D eigenvalue weighted by molar-refractivity contribution is 6.28. The number of imide groups is 1. The standard InChI is InChI=1S/C17H11FN2O4/c1-2-7-19-12-9-11(20-14(21)3-4-15(20)22)10(18)8-13(12)24-17(5-6-17)16(19)23/h1,3-4,8-9H,5-7H2. The van der Waals surface area contributed by atoms with Crippen LogP contribution in [-0.4, -0.2) is 29.9 Å². The molecule has 1 saturated carbocycles. The second-order valence-corrected chi connectivity index (χ2v) is 5.81. The predicted molar refractivity (Wildman–Crippen MR) is 81.8 cm³/mol. The molecular weight excluding hydrogens is 315 g/mol. The zero-order valence-electron chi connectivity index (χ0n) is 12.4. The minimum atomic E-state index is -0.960. The van der Waals surface area contributed by atoms with Crippen LogP contribution in [0.4, 0.5) is 15.8 Å². The van der Waals surface area contributed by atoms with Crippen LogP contribution in [0.1, 0.15) is 12.8 Å². The topological polar surface area (TPSA) is 66.9 Å². The predicted octanol–water partition coefficient (Wildman–Crippen LogP) is 1.15. The van der Waals surface area contributed by atoms with Gasteiger partial charge in [-0.25, -0.2) is 9.29 Å². The molecule has 2 aliphatic heterocycles. The molecule has 120 valence electrons. The van der Waals surface area contributed by atoms with Crippen molar-refractivity contribution in [2.45, 2.75) is 18.4 Å². The molecule has 3 amide bonds. The van der Waals surface area contributed by atoms with Gasteiger partial charge >= 0.3 is 0 Å². The number of hydrogen-bond acceptors (Lipinski definition) is 4. The third kappa shape index (κ3) is 1.86. The Hall–Kier alpha value is -3.14. The maximum absolute atomic E-state index is 14.5. The number of ether oxygens (including phenoxy) is 1. The van der Waals surface area contributed by atoms with Gasteiger partial charge in [0.25, 0.3) is 17.7 Å². The first-order valence-corrected chi connectivity index (χ1v) is 7.31. The molecule has 0 atom stereocenters. The van der Waals surface area contributed by atoms with Crippen molar-refractivity contribution in [3.63, 3.8) is 0 Å². The Balaban J connectivity index is 1.84. The third-order valence-corrected chi connectivity index (χ3v) is 4.26. The molecule has 1 spiro atoms. The molecule has 0 unspecified atom stereocenters. The lowest BCUT2D eigenvalue weighted by atomic mass is 10.1. The van der Waals surface area contributed by atoms with Gasteiger partial charge in [-0.2, -0.15) is 0 Å². The van der Waals surface area contributed by atoms with Gasteiger partial charge in [0.1, 0.15) is 5.75 Å². The average Bonchev–Trinajstić information content (AvgIpc) is 3.24. The Bertz CT molecular complexity index is 861. The lowest BCUT2D eigenvalue weighted by Gasteiger charge is -2.34. The van der Waals surface area contributed by atoms with Crippen molar-refractivity contribution < 1.29 is 23.5 Å². The summed E-state index contributed by atoms with van der Waals surface area (Å²) in [4.78, 5) is 38.2. The molecule has 0 N–H and O–H groups in total. The van der Waals surface area contributed by atoms with Crippen molar-refractivity contribution in [3.05, 3.63) is 30.1 Å². The van der Waals surface area contributed by atoms with E-state index in [1.54, 1.807) is 0 Å². The first-order valence-electron chi connectivity index (χ1n) is 7.31. The molecule has 4 rings (SSSR count). The average molecular weight is 326 g/mol. The van der Waals surface area contributed by atoms with Crippen LogP contribution in [0.2, 0.25) is 0 Å². The lowest BCUT2D eigenvalue weighted by molar-refractivity contribution is -0.128. The van der Waals surface area contributed by atoms with Crippen molar-refractivity contribution in [1.82, 2.24) is 0 Å². The number of benzene rings is 1. The molecule has 1 aromatic rings. The lowest BCUT2D eigenvalue weighted by Crippen LogP contribution is -2.48. The van der Waals surface area contributed by atoms with Crippen LogP contribution in [0.3, 0.4) is 0 Å². The smallest absolute Gasteiger partial charge is 0.272 e. The molecule has 1 aromatic carbocycles. The minimum Gasteiger partial charge on any atom is -0.475 e. The number of halogens is 1. The number of rotatable bonds is 2. The number of carbonyl (C=O) groups excluding carboxylic acids is 3. The number of carbonyl (C=O) groups is 3. The van der Waals surface area contributed by atoms with Crippen molar-refractivity contribution in [2.24, 2.45) is 0 Å². The molecular formula is C17H11FN2O4. The fourth-order valence-corrected chi connectivity index (χ4v) is 2.92. The van der Waals surface area contributed by atoms with E-state index >= 15 is 0 Å². The summed E-state index contributed by atoms with van der Waals surface area (Å²) in [6.45, 7) is -0.0117. The van der Waals surface area contributed by atoms with Gasteiger partial charge in [-0.3, -0.25) is 19.3 Å². The summed E-state index contributed by atoms with van der Waals surface area (Å²) >= 11 is 0. The van der Waals surface area contributed by atoms with Crippen LogP contribution in [-0.2, 0) is 14.4 Å². The van der Waals surface area contributed by atoms with E-state index in [1.807, 2.05) is 0 Å². The highest BCUT2D eigenvalue weighted by Gasteiger charge is 2.58. The molecule has 2 heterocycles. The van der Waals surface area contributed by atoms with Crippen molar-refractivity contribution in [3.8, 4) is 18.1 Å². The Morgan fingerprint density at radius 1 is 1.17 bits per heavy atom. The molecule has 0 aromatic heterocycles. The Kier molecular flexibility index (Phi) is 2.82. The van der Waals surface area contributed by atoms with Gasteiger partial charge in [-0.15, -0.1) is 6.42 Å². The van der Waals surface area contributed by atoms with Gasteiger partial charge < -0.3 is 4.74 Å². The first-order chi connectivity index (χ1) is 11.5. The number of fused-ring (bicyclic) bond motifs is 1. The van der Waals surface area contributed by atoms with Crippen LogP contribution in [0.5, 0.6) is 5.75 Å². The van der Waals surface area contributed by atoms with E-state index in [0.29, 0.717) is 17.7 Å². The second-order valence-electron chi connectivity index (χ2n) is 5.81. The van der Waals surface area contributed by atoms with Gasteiger partial charge in [-0.1, -0.05) is 5.92 Å². The minimum absolute atomic E-state index is 0.0117. The van der Waals surface area contributed by atoms with Crippen LogP contribution in [0.25, 0.3) is 0 Å². The maximum atomic E-state index is 14.5. The van der Waals surface area contributed by atoms with E-state index in [0.717, 1.165) is 18.2 Å². The molecule has 3 aliphatic rings. The SMILES string of the molecule is C#CCN1C(=O)C2(CC2)Oc2cc(F)c(N3C(=O)C=CC3=O)cc21. The van der Waals surface area contributed by atoms with Gasteiger partial charge in [0, 0.05) is 31.1 Å².